The Kier molecular flexibility index (Phi) is 4.59. The number of hydrogen-bond donors (Lipinski definition) is 0. The lowest BCUT2D eigenvalue weighted by molar-refractivity contribution is 0.0388. The second-order valence-electron chi connectivity index (χ2n) is 7.22. The number of aromatic nitrogens is 1. The Balaban J connectivity index is 1.35. The highest BCUT2D eigenvalue weighted by Crippen LogP contribution is 2.24. The van der Waals surface area contributed by atoms with Gasteiger partial charge in [0.15, 0.2) is 0 Å². The predicted molar refractivity (Wildman–Crippen MR) is 116 cm³/mol. The number of likely N-dealkylation sites (N-methyl/N-ethyl adjacent to an activating group) is 1. The Hall–Kier alpha value is -2.34. The van der Waals surface area contributed by atoms with E-state index in [1.807, 2.05) is 24.3 Å². The number of hydrogen-bond acceptors (Lipinski definition) is 5. The van der Waals surface area contributed by atoms with Crippen molar-refractivity contribution < 1.29 is 4.74 Å². The summed E-state index contributed by atoms with van der Waals surface area (Å²) in [5.74, 6) is 0.936. The predicted octanol–water partition coefficient (Wildman–Crippen LogP) is 3.20. The Bertz CT molecular complexity index is 1100. The zero-order valence-electron chi connectivity index (χ0n) is 15.5. The third-order valence-corrected chi connectivity index (χ3v) is 6.34. The van der Waals surface area contributed by atoms with Crippen LogP contribution in [0.2, 0.25) is 5.02 Å². The highest BCUT2D eigenvalue weighted by atomic mass is 35.5. The average Bonchev–Trinajstić information content (AvgIpc) is 3.11. The summed E-state index contributed by atoms with van der Waals surface area (Å²) < 4.78 is 7.16. The molecule has 0 radical (unpaired) electrons. The van der Waals surface area contributed by atoms with Crippen LogP contribution in [0.4, 0.5) is 5.69 Å². The minimum atomic E-state index is 0.316. The Morgan fingerprint density at radius 2 is 1.82 bits per heavy atom. The molecular weight excluding hydrogens is 390 g/mol. The third kappa shape index (κ3) is 3.53. The number of likely N-dealkylation sites (tertiary alicyclic amines) is 1. The smallest absolute Gasteiger partial charge is 0.124 e. The maximum Gasteiger partial charge on any atom is 0.124 e. The van der Waals surface area contributed by atoms with Crippen molar-refractivity contribution in [3.8, 4) is 16.3 Å². The molecule has 0 unspecified atom stereocenters. The number of nitrogens with zero attached hydrogens (tertiary/aromatic N) is 3. The topological polar surface area (TPSA) is 28.6 Å². The van der Waals surface area contributed by atoms with Crippen molar-refractivity contribution >= 4 is 40.9 Å². The molecule has 3 aromatic rings. The van der Waals surface area contributed by atoms with E-state index in [2.05, 4.69) is 53.4 Å². The monoisotopic (exact) mass is 409 g/mol. The first-order valence-electron chi connectivity index (χ1n) is 9.31. The summed E-state index contributed by atoms with van der Waals surface area (Å²) in [6.07, 6.45) is 4.68. The quantitative estimate of drug-likeness (QED) is 0.661. The fraction of sp³-hybridized carbons (Fsp3) is 0.227. The molecule has 0 amide bonds. The van der Waals surface area contributed by atoms with Crippen LogP contribution in [0.1, 0.15) is 0 Å². The Morgan fingerprint density at radius 1 is 1.07 bits per heavy atom. The van der Waals surface area contributed by atoms with Crippen molar-refractivity contribution in [2.75, 3.05) is 31.6 Å². The van der Waals surface area contributed by atoms with Crippen LogP contribution in [-0.4, -0.2) is 42.7 Å². The van der Waals surface area contributed by atoms with Gasteiger partial charge in [0.2, 0.25) is 0 Å². The zero-order valence-corrected chi connectivity index (χ0v) is 17.1. The molecule has 0 bridgehead atoms. The number of benzene rings is 2. The van der Waals surface area contributed by atoms with Crippen molar-refractivity contribution in [1.29, 1.82) is 0 Å². The number of anilines is 1. The molecule has 5 rings (SSSR count). The van der Waals surface area contributed by atoms with Gasteiger partial charge >= 0.3 is 0 Å². The zero-order chi connectivity index (χ0) is 19.1. The van der Waals surface area contributed by atoms with Crippen LogP contribution in [0.5, 0.6) is 5.75 Å². The molecule has 2 aliphatic rings. The summed E-state index contributed by atoms with van der Waals surface area (Å²) in [5, 5.41) is 2.82. The second-order valence-corrected chi connectivity index (χ2v) is 8.68. The minimum absolute atomic E-state index is 0.316. The molecule has 6 heteroatoms. The highest BCUT2D eigenvalue weighted by molar-refractivity contribution is 7.13. The van der Waals surface area contributed by atoms with Gasteiger partial charge < -0.3 is 9.64 Å². The summed E-state index contributed by atoms with van der Waals surface area (Å²) in [7, 11) is 2.11. The summed E-state index contributed by atoms with van der Waals surface area (Å²) in [4.78, 5) is 9.28. The van der Waals surface area contributed by atoms with Crippen LogP contribution in [0, 0.1) is 0 Å². The Labute approximate surface area is 173 Å². The lowest BCUT2D eigenvalue weighted by Gasteiger charge is -2.36. The van der Waals surface area contributed by atoms with Crippen molar-refractivity contribution in [3.05, 3.63) is 63.4 Å². The SMILES string of the molecule is CN1CC(Oc2ccc(N3C=c4sc(-c5ccc(Cl)cc5)nc4=CC3)cc2)C1. The van der Waals surface area contributed by atoms with Gasteiger partial charge in [-0.1, -0.05) is 23.7 Å². The normalized spacial score (nSPS) is 16.7. The summed E-state index contributed by atoms with van der Waals surface area (Å²) in [5.41, 5.74) is 2.25. The summed E-state index contributed by atoms with van der Waals surface area (Å²) in [6.45, 7) is 2.81. The van der Waals surface area contributed by atoms with Gasteiger partial charge in [-0.05, 0) is 49.5 Å². The summed E-state index contributed by atoms with van der Waals surface area (Å²) in [6, 6.07) is 16.2. The van der Waals surface area contributed by atoms with Gasteiger partial charge in [-0.2, -0.15) is 0 Å². The number of ether oxygens (including phenoxy) is 1. The van der Waals surface area contributed by atoms with Crippen LogP contribution in [0.3, 0.4) is 0 Å². The summed E-state index contributed by atoms with van der Waals surface area (Å²) >= 11 is 7.70. The third-order valence-electron chi connectivity index (χ3n) is 5.03. The van der Waals surface area contributed by atoms with E-state index in [0.29, 0.717) is 6.10 Å². The molecule has 1 saturated heterocycles. The average molecular weight is 410 g/mol. The van der Waals surface area contributed by atoms with Crippen molar-refractivity contribution in [2.24, 2.45) is 0 Å². The number of fused-ring (bicyclic) bond motifs is 1. The van der Waals surface area contributed by atoms with Crippen molar-refractivity contribution in [1.82, 2.24) is 9.88 Å². The molecule has 142 valence electrons. The second kappa shape index (κ2) is 7.24. The van der Waals surface area contributed by atoms with E-state index in [9.17, 15) is 0 Å². The van der Waals surface area contributed by atoms with Crippen LogP contribution in [0.25, 0.3) is 22.8 Å². The first-order valence-corrected chi connectivity index (χ1v) is 10.5. The molecule has 0 saturated carbocycles. The highest BCUT2D eigenvalue weighted by Gasteiger charge is 2.24. The fourth-order valence-electron chi connectivity index (χ4n) is 3.48. The van der Waals surface area contributed by atoms with Crippen LogP contribution < -0.4 is 19.5 Å². The van der Waals surface area contributed by atoms with E-state index in [0.717, 1.165) is 52.0 Å². The maximum atomic E-state index is 6.00. The molecule has 4 nitrogen and oxygen atoms in total. The minimum Gasteiger partial charge on any atom is -0.488 e. The van der Waals surface area contributed by atoms with E-state index in [1.54, 1.807) is 11.3 Å². The largest absolute Gasteiger partial charge is 0.488 e. The van der Waals surface area contributed by atoms with Crippen LogP contribution >= 0.6 is 22.9 Å². The number of thiazole rings is 1. The standard InChI is InChI=1S/C22H20ClN3OS/c1-25-12-19(13-25)27-18-8-6-17(7-9-18)26-11-10-20-21(14-26)28-22(24-20)15-2-4-16(23)5-3-15/h2-10,14,19H,11-13H2,1H3. The van der Waals surface area contributed by atoms with Gasteiger partial charge in [-0.25, -0.2) is 4.98 Å². The van der Waals surface area contributed by atoms with E-state index < -0.39 is 0 Å². The molecule has 1 fully saturated rings. The first-order chi connectivity index (χ1) is 13.6. The Morgan fingerprint density at radius 3 is 2.54 bits per heavy atom. The van der Waals surface area contributed by atoms with Gasteiger partial charge in [0.05, 0.1) is 9.88 Å². The first kappa shape index (κ1) is 17.7. The number of halogens is 1. The van der Waals surface area contributed by atoms with Crippen LogP contribution in [-0.2, 0) is 0 Å². The van der Waals surface area contributed by atoms with Gasteiger partial charge in [0, 0.05) is 42.1 Å². The molecule has 2 aromatic carbocycles. The molecule has 0 atom stereocenters. The fourth-order valence-corrected chi connectivity index (χ4v) is 4.63. The molecule has 0 spiro atoms. The van der Waals surface area contributed by atoms with E-state index in [1.165, 1.54) is 4.53 Å². The molecule has 3 heterocycles. The van der Waals surface area contributed by atoms with E-state index >= 15 is 0 Å². The molecule has 0 aliphatic carbocycles. The van der Waals surface area contributed by atoms with E-state index in [4.69, 9.17) is 21.3 Å². The van der Waals surface area contributed by atoms with Crippen molar-refractivity contribution in [2.45, 2.75) is 6.10 Å². The lowest BCUT2D eigenvalue weighted by atomic mass is 10.2. The molecule has 28 heavy (non-hydrogen) atoms. The van der Waals surface area contributed by atoms with E-state index in [-0.39, 0.29) is 0 Å². The van der Waals surface area contributed by atoms with Gasteiger partial charge in [-0.15, -0.1) is 11.3 Å². The molecular formula is C22H20ClN3OS. The van der Waals surface area contributed by atoms with Gasteiger partial charge in [0.1, 0.15) is 16.9 Å². The van der Waals surface area contributed by atoms with Crippen molar-refractivity contribution in [3.63, 3.8) is 0 Å². The molecule has 1 aromatic heterocycles. The van der Waals surface area contributed by atoms with Crippen LogP contribution in [0.15, 0.2) is 48.5 Å². The number of rotatable bonds is 4. The molecule has 2 aliphatic heterocycles. The maximum absolute atomic E-state index is 6.00. The lowest BCUT2D eigenvalue weighted by Crippen LogP contribution is -2.51. The van der Waals surface area contributed by atoms with Gasteiger partial charge in [0.25, 0.3) is 0 Å². The molecule has 0 N–H and O–H groups in total. The van der Waals surface area contributed by atoms with Gasteiger partial charge in [-0.3, -0.25) is 4.90 Å².